The molecule has 2 heterocycles. The normalized spacial score (nSPS) is 18.5. The topological polar surface area (TPSA) is 81.1 Å². The summed E-state index contributed by atoms with van der Waals surface area (Å²) in [7, 11) is 0. The van der Waals surface area contributed by atoms with Crippen molar-refractivity contribution in [2.24, 2.45) is 0 Å². The molecule has 0 unspecified atom stereocenters. The number of nitriles is 1. The Balaban J connectivity index is 1.78. The lowest BCUT2D eigenvalue weighted by Crippen LogP contribution is -2.50. The van der Waals surface area contributed by atoms with Gasteiger partial charge in [-0.25, -0.2) is 4.98 Å². The number of hydrogen-bond donors (Lipinski definition) is 2. The van der Waals surface area contributed by atoms with Crippen LogP contribution in [0.15, 0.2) is 11.6 Å². The molecule has 1 aromatic heterocycles. The van der Waals surface area contributed by atoms with Gasteiger partial charge < -0.3 is 15.5 Å². The van der Waals surface area contributed by atoms with E-state index in [2.05, 4.69) is 21.7 Å². The summed E-state index contributed by atoms with van der Waals surface area (Å²) in [6, 6.07) is 1.94. The summed E-state index contributed by atoms with van der Waals surface area (Å²) < 4.78 is 0. The number of anilines is 1. The van der Waals surface area contributed by atoms with Gasteiger partial charge in [-0.15, -0.1) is 11.3 Å². The maximum atomic E-state index is 12.2. The van der Waals surface area contributed by atoms with Crippen LogP contribution in [0.1, 0.15) is 26.7 Å². The molecule has 1 aromatic rings. The van der Waals surface area contributed by atoms with Crippen molar-refractivity contribution in [3.63, 3.8) is 0 Å². The lowest BCUT2D eigenvalue weighted by atomic mass is 10.1. The van der Waals surface area contributed by atoms with Crippen molar-refractivity contribution in [3.8, 4) is 6.07 Å². The van der Waals surface area contributed by atoms with E-state index < -0.39 is 0 Å². The van der Waals surface area contributed by atoms with Gasteiger partial charge in [-0.2, -0.15) is 5.26 Å². The molecule has 0 bridgehead atoms. The highest BCUT2D eigenvalue weighted by Crippen LogP contribution is 2.16. The number of nitrogens with one attached hydrogen (secondary N) is 2. The van der Waals surface area contributed by atoms with E-state index in [1.54, 1.807) is 22.4 Å². The zero-order chi connectivity index (χ0) is 15.3. The van der Waals surface area contributed by atoms with Crippen molar-refractivity contribution < 1.29 is 4.79 Å². The van der Waals surface area contributed by atoms with Gasteiger partial charge in [0.05, 0.1) is 12.6 Å². The first-order valence-corrected chi connectivity index (χ1v) is 7.97. The quantitative estimate of drug-likeness (QED) is 0.831. The number of nitrogens with zero attached hydrogens (tertiary/aromatic N) is 3. The molecule has 0 radical (unpaired) electrons. The fourth-order valence-corrected chi connectivity index (χ4v) is 2.81. The molecular weight excluding hydrogens is 286 g/mol. The first kappa shape index (κ1) is 15.7. The van der Waals surface area contributed by atoms with Crippen LogP contribution in [0, 0.1) is 11.3 Å². The van der Waals surface area contributed by atoms with Crippen molar-refractivity contribution in [1.82, 2.24) is 15.2 Å². The predicted octanol–water partition coefficient (Wildman–Crippen LogP) is 1.44. The van der Waals surface area contributed by atoms with Gasteiger partial charge in [-0.3, -0.25) is 4.79 Å². The molecule has 0 saturated carbocycles. The Morgan fingerprint density at radius 3 is 3.14 bits per heavy atom. The van der Waals surface area contributed by atoms with Gasteiger partial charge in [0, 0.05) is 30.2 Å². The summed E-state index contributed by atoms with van der Waals surface area (Å²) in [6.45, 7) is 5.69. The molecule has 1 amide bonds. The van der Waals surface area contributed by atoms with Gasteiger partial charge in [0.1, 0.15) is 6.04 Å². The number of aromatic nitrogens is 1. The Labute approximate surface area is 129 Å². The fourth-order valence-electron chi connectivity index (χ4n) is 2.29. The minimum atomic E-state index is -0.254. The third-order valence-electron chi connectivity index (χ3n) is 3.55. The first-order valence-electron chi connectivity index (χ1n) is 7.09. The van der Waals surface area contributed by atoms with Crippen LogP contribution in [0.4, 0.5) is 5.13 Å². The second-order valence-corrected chi connectivity index (χ2v) is 6.70. The number of likely N-dealkylation sites (tertiary alicyclic amines) is 1. The van der Waals surface area contributed by atoms with E-state index in [0.29, 0.717) is 13.1 Å². The maximum absolute atomic E-state index is 12.2. The van der Waals surface area contributed by atoms with Crippen molar-refractivity contribution >= 4 is 22.4 Å². The molecule has 1 fully saturated rings. The molecule has 2 rings (SSSR count). The summed E-state index contributed by atoms with van der Waals surface area (Å²) in [5, 5.41) is 18.3. The van der Waals surface area contributed by atoms with Crippen LogP contribution >= 0.6 is 11.3 Å². The molecule has 1 atom stereocenters. The summed E-state index contributed by atoms with van der Waals surface area (Å²) in [4.78, 5) is 18.0. The van der Waals surface area contributed by atoms with Crippen LogP contribution in [0.5, 0.6) is 0 Å². The zero-order valence-corrected chi connectivity index (χ0v) is 13.2. The van der Waals surface area contributed by atoms with E-state index in [0.717, 1.165) is 18.0 Å². The molecule has 0 aliphatic carbocycles. The molecule has 1 aliphatic rings. The molecule has 7 heteroatoms. The zero-order valence-electron chi connectivity index (χ0n) is 12.4. The minimum Gasteiger partial charge on any atom is -0.360 e. The van der Waals surface area contributed by atoms with Crippen LogP contribution in [0.25, 0.3) is 0 Å². The first-order chi connectivity index (χ1) is 10.0. The number of carbonyl (C=O) groups is 1. The standard InChI is InChI=1S/C14H21N5OS/c1-14(2,10-17-13-16-5-7-21-13)18-9-12(20)19-6-3-4-11(19)8-15/h5,7,11,18H,3-4,6,9-10H2,1-2H3,(H,16,17)/t11-/m0/s1. The summed E-state index contributed by atoms with van der Waals surface area (Å²) in [5.41, 5.74) is -0.233. The molecule has 1 saturated heterocycles. The van der Waals surface area contributed by atoms with E-state index in [9.17, 15) is 4.79 Å². The Kier molecular flexibility index (Phi) is 5.15. The number of rotatable bonds is 6. The van der Waals surface area contributed by atoms with Gasteiger partial charge >= 0.3 is 0 Å². The van der Waals surface area contributed by atoms with Gasteiger partial charge in [0.15, 0.2) is 5.13 Å². The van der Waals surface area contributed by atoms with E-state index >= 15 is 0 Å². The smallest absolute Gasteiger partial charge is 0.237 e. The van der Waals surface area contributed by atoms with Crippen molar-refractivity contribution in [2.75, 3.05) is 25.0 Å². The lowest BCUT2D eigenvalue weighted by Gasteiger charge is -2.28. The molecule has 114 valence electrons. The predicted molar refractivity (Wildman–Crippen MR) is 83.0 cm³/mol. The lowest BCUT2D eigenvalue weighted by molar-refractivity contribution is -0.130. The average Bonchev–Trinajstić information content (AvgIpc) is 3.13. The number of carbonyl (C=O) groups excluding carboxylic acids is 1. The van der Waals surface area contributed by atoms with Gasteiger partial charge in [0.2, 0.25) is 5.91 Å². The highest BCUT2D eigenvalue weighted by molar-refractivity contribution is 7.13. The third-order valence-corrected chi connectivity index (χ3v) is 4.29. The molecule has 2 N–H and O–H groups in total. The van der Waals surface area contributed by atoms with Gasteiger partial charge in [-0.1, -0.05) is 0 Å². The van der Waals surface area contributed by atoms with Crippen molar-refractivity contribution in [2.45, 2.75) is 38.3 Å². The molecule has 0 aromatic carbocycles. The van der Waals surface area contributed by atoms with E-state index in [1.165, 1.54) is 0 Å². The monoisotopic (exact) mass is 307 g/mol. The molecule has 6 nitrogen and oxygen atoms in total. The third kappa shape index (κ3) is 4.41. The highest BCUT2D eigenvalue weighted by Gasteiger charge is 2.29. The summed E-state index contributed by atoms with van der Waals surface area (Å²) in [5.74, 6) is 0.00127. The minimum absolute atomic E-state index is 0.00127. The van der Waals surface area contributed by atoms with Crippen LogP contribution < -0.4 is 10.6 Å². The second-order valence-electron chi connectivity index (χ2n) is 5.80. The maximum Gasteiger partial charge on any atom is 0.237 e. The Morgan fingerprint density at radius 2 is 2.48 bits per heavy atom. The van der Waals surface area contributed by atoms with Crippen LogP contribution in [0.3, 0.4) is 0 Å². The SMILES string of the molecule is CC(C)(CNc1nccs1)NCC(=O)N1CCC[C@H]1C#N. The Hall–Kier alpha value is -1.65. The number of amides is 1. The Bertz CT molecular complexity index is 508. The van der Waals surface area contributed by atoms with E-state index in [4.69, 9.17) is 5.26 Å². The van der Waals surface area contributed by atoms with Gasteiger partial charge in [-0.05, 0) is 26.7 Å². The fraction of sp³-hybridized carbons (Fsp3) is 0.643. The summed E-state index contributed by atoms with van der Waals surface area (Å²) in [6.07, 6.45) is 3.46. The largest absolute Gasteiger partial charge is 0.360 e. The van der Waals surface area contributed by atoms with E-state index in [1.807, 2.05) is 19.2 Å². The van der Waals surface area contributed by atoms with Crippen molar-refractivity contribution in [3.05, 3.63) is 11.6 Å². The Morgan fingerprint density at radius 1 is 1.67 bits per heavy atom. The second kappa shape index (κ2) is 6.87. The summed E-state index contributed by atoms with van der Waals surface area (Å²) >= 11 is 1.55. The molecule has 1 aliphatic heterocycles. The number of thiazole rings is 1. The average molecular weight is 307 g/mol. The molecule has 0 spiro atoms. The van der Waals surface area contributed by atoms with Crippen LogP contribution in [0.2, 0.25) is 0 Å². The van der Waals surface area contributed by atoms with E-state index in [-0.39, 0.29) is 24.0 Å². The molecular formula is C14H21N5OS. The molecule has 21 heavy (non-hydrogen) atoms. The van der Waals surface area contributed by atoms with Crippen LogP contribution in [-0.2, 0) is 4.79 Å². The van der Waals surface area contributed by atoms with Crippen LogP contribution in [-0.4, -0.2) is 47.0 Å². The highest BCUT2D eigenvalue weighted by atomic mass is 32.1. The number of hydrogen-bond acceptors (Lipinski definition) is 6. The van der Waals surface area contributed by atoms with Gasteiger partial charge in [0.25, 0.3) is 0 Å². The van der Waals surface area contributed by atoms with Crippen molar-refractivity contribution in [1.29, 1.82) is 5.26 Å².